The quantitative estimate of drug-likeness (QED) is 0.756. The van der Waals surface area contributed by atoms with Gasteiger partial charge >= 0.3 is 5.97 Å². The minimum atomic E-state index is -1.23. The molecule has 0 saturated heterocycles. The number of benzene rings is 2. The van der Waals surface area contributed by atoms with Crippen LogP contribution in [0.4, 0.5) is 5.69 Å². The third kappa shape index (κ3) is 4.18. The molecule has 0 heterocycles. The van der Waals surface area contributed by atoms with Gasteiger partial charge in [-0.25, -0.2) is 4.79 Å². The fourth-order valence-electron chi connectivity index (χ4n) is 2.22. The molecule has 0 aliphatic carbocycles. The van der Waals surface area contributed by atoms with Crippen LogP contribution in [0, 0.1) is 11.3 Å². The number of aliphatic hydroxyl groups excluding tert-OH is 1. The summed E-state index contributed by atoms with van der Waals surface area (Å²) in [5.41, 5.74) is 1.53. The molecule has 1 amide bonds. The van der Waals surface area contributed by atoms with Gasteiger partial charge in [0.15, 0.2) is 0 Å². The first-order valence-electron chi connectivity index (χ1n) is 7.33. The number of nitrogens with zero attached hydrogens (tertiary/aromatic N) is 1. The zero-order valence-electron chi connectivity index (χ0n) is 12.8. The minimum absolute atomic E-state index is 0.0640. The molecule has 0 aliphatic rings. The molecule has 2 aromatic carbocycles. The van der Waals surface area contributed by atoms with Crippen LogP contribution in [0.5, 0.6) is 0 Å². The Morgan fingerprint density at radius 3 is 2.38 bits per heavy atom. The Balaban J connectivity index is 2.20. The number of anilines is 1. The van der Waals surface area contributed by atoms with Gasteiger partial charge in [0, 0.05) is 12.3 Å². The van der Waals surface area contributed by atoms with Crippen molar-refractivity contribution < 1.29 is 19.8 Å². The van der Waals surface area contributed by atoms with Gasteiger partial charge in [-0.15, -0.1) is 0 Å². The summed E-state index contributed by atoms with van der Waals surface area (Å²) >= 11 is 0. The van der Waals surface area contributed by atoms with Gasteiger partial charge in [-0.1, -0.05) is 12.1 Å². The smallest absolute Gasteiger partial charge is 0.336 e. The van der Waals surface area contributed by atoms with Crippen LogP contribution in [0.25, 0.3) is 0 Å². The average Bonchev–Trinajstić information content (AvgIpc) is 2.60. The molecule has 0 bridgehead atoms. The maximum Gasteiger partial charge on any atom is 0.336 e. The highest BCUT2D eigenvalue weighted by atomic mass is 16.4. The third-order valence-electron chi connectivity index (χ3n) is 3.46. The van der Waals surface area contributed by atoms with Crippen LogP contribution < -0.4 is 5.32 Å². The van der Waals surface area contributed by atoms with Gasteiger partial charge in [0.1, 0.15) is 0 Å². The lowest BCUT2D eigenvalue weighted by Gasteiger charge is -2.09. The van der Waals surface area contributed by atoms with Crippen LogP contribution in [-0.4, -0.2) is 28.7 Å². The topological polar surface area (TPSA) is 110 Å². The van der Waals surface area contributed by atoms with E-state index in [2.05, 4.69) is 5.32 Å². The monoisotopic (exact) mass is 324 g/mol. The van der Waals surface area contributed by atoms with E-state index in [9.17, 15) is 14.7 Å². The number of nitriles is 1. The highest BCUT2D eigenvalue weighted by molar-refractivity contribution is 6.10. The first-order chi connectivity index (χ1) is 11.5. The molecule has 0 saturated carbocycles. The number of amides is 1. The molecule has 6 nitrogen and oxygen atoms in total. The summed E-state index contributed by atoms with van der Waals surface area (Å²) < 4.78 is 0. The predicted molar refractivity (Wildman–Crippen MR) is 87.9 cm³/mol. The Bertz CT molecular complexity index is 792. The van der Waals surface area contributed by atoms with E-state index in [0.717, 1.165) is 12.0 Å². The predicted octanol–water partition coefficient (Wildman–Crippen LogP) is 2.43. The van der Waals surface area contributed by atoms with Gasteiger partial charge in [0.25, 0.3) is 5.91 Å². The summed E-state index contributed by atoms with van der Waals surface area (Å²) in [6.07, 6.45) is 1.40. The van der Waals surface area contributed by atoms with Gasteiger partial charge in [-0.05, 0) is 48.7 Å². The molecule has 3 N–H and O–H groups in total. The zero-order valence-corrected chi connectivity index (χ0v) is 12.8. The second-order valence-electron chi connectivity index (χ2n) is 5.16. The molecular weight excluding hydrogens is 308 g/mol. The standard InChI is InChI=1S/C18H16N2O4/c19-11-13-5-8-15(18(23)24)16(10-13)17(22)20-14-6-3-12(4-7-14)2-1-9-21/h3-8,10,21H,1-2,9H2,(H,20,22)(H,23,24). The summed E-state index contributed by atoms with van der Waals surface area (Å²) in [6.45, 7) is 0.117. The van der Waals surface area contributed by atoms with Crippen LogP contribution in [0.3, 0.4) is 0 Å². The lowest BCUT2D eigenvalue weighted by molar-refractivity contribution is 0.0692. The van der Waals surface area contributed by atoms with Gasteiger partial charge in [0.05, 0.1) is 22.8 Å². The van der Waals surface area contributed by atoms with Gasteiger partial charge in [-0.2, -0.15) is 5.26 Å². The fourth-order valence-corrected chi connectivity index (χ4v) is 2.22. The molecule has 2 aromatic rings. The van der Waals surface area contributed by atoms with Crippen LogP contribution in [-0.2, 0) is 6.42 Å². The highest BCUT2D eigenvalue weighted by Gasteiger charge is 2.17. The Morgan fingerprint density at radius 2 is 1.79 bits per heavy atom. The molecule has 0 spiro atoms. The van der Waals surface area contributed by atoms with Gasteiger partial charge in [0.2, 0.25) is 0 Å². The molecular formula is C18H16N2O4. The van der Waals surface area contributed by atoms with Crippen molar-refractivity contribution in [2.45, 2.75) is 12.8 Å². The highest BCUT2D eigenvalue weighted by Crippen LogP contribution is 2.16. The Morgan fingerprint density at radius 1 is 1.08 bits per heavy atom. The SMILES string of the molecule is N#Cc1ccc(C(=O)O)c(C(=O)Nc2ccc(CCCO)cc2)c1. The number of carbonyl (C=O) groups excluding carboxylic acids is 1. The maximum atomic E-state index is 12.3. The van der Waals surface area contributed by atoms with E-state index in [0.29, 0.717) is 12.1 Å². The molecule has 24 heavy (non-hydrogen) atoms. The van der Waals surface area contributed by atoms with Gasteiger partial charge < -0.3 is 15.5 Å². The van der Waals surface area contributed by atoms with Crippen molar-refractivity contribution in [1.82, 2.24) is 0 Å². The molecule has 0 radical (unpaired) electrons. The lowest BCUT2D eigenvalue weighted by Crippen LogP contribution is -2.16. The number of nitrogens with one attached hydrogen (secondary N) is 1. The summed E-state index contributed by atoms with van der Waals surface area (Å²) in [4.78, 5) is 23.6. The number of aliphatic hydroxyl groups is 1. The van der Waals surface area contributed by atoms with E-state index in [1.807, 2.05) is 18.2 Å². The van der Waals surface area contributed by atoms with Crippen molar-refractivity contribution in [1.29, 1.82) is 5.26 Å². The minimum Gasteiger partial charge on any atom is -0.478 e. The molecule has 0 unspecified atom stereocenters. The lowest BCUT2D eigenvalue weighted by atomic mass is 10.0. The Hall–Kier alpha value is -3.17. The molecule has 6 heteroatoms. The fraction of sp³-hybridized carbons (Fsp3) is 0.167. The summed E-state index contributed by atoms with van der Waals surface area (Å²) in [6, 6.07) is 12.8. The van der Waals surface area contributed by atoms with Crippen molar-refractivity contribution in [2.24, 2.45) is 0 Å². The molecule has 0 aliphatic heterocycles. The Kier molecular flexibility index (Phi) is 5.66. The van der Waals surface area contributed by atoms with E-state index >= 15 is 0 Å². The molecule has 122 valence electrons. The van der Waals surface area contributed by atoms with E-state index in [1.165, 1.54) is 18.2 Å². The van der Waals surface area contributed by atoms with Gasteiger partial charge in [-0.3, -0.25) is 4.79 Å². The molecule has 0 aromatic heterocycles. The number of carbonyl (C=O) groups is 2. The first-order valence-corrected chi connectivity index (χ1v) is 7.33. The van der Waals surface area contributed by atoms with Crippen LogP contribution in [0.1, 0.15) is 38.3 Å². The molecule has 2 rings (SSSR count). The number of hydrogen-bond donors (Lipinski definition) is 3. The number of rotatable bonds is 6. The van der Waals surface area contributed by atoms with Crippen LogP contribution in [0.15, 0.2) is 42.5 Å². The second kappa shape index (κ2) is 7.90. The number of aromatic carboxylic acids is 1. The third-order valence-corrected chi connectivity index (χ3v) is 3.46. The van der Waals surface area contributed by atoms with E-state index in [4.69, 9.17) is 10.4 Å². The van der Waals surface area contributed by atoms with Crippen molar-refractivity contribution in [3.05, 3.63) is 64.7 Å². The molecule has 0 fully saturated rings. The normalized spacial score (nSPS) is 10.0. The first kappa shape index (κ1) is 17.2. The summed E-state index contributed by atoms with van der Waals surface area (Å²) in [5, 5.41) is 29.5. The van der Waals surface area contributed by atoms with Crippen molar-refractivity contribution in [3.8, 4) is 6.07 Å². The largest absolute Gasteiger partial charge is 0.478 e. The van der Waals surface area contributed by atoms with Crippen molar-refractivity contribution >= 4 is 17.6 Å². The number of hydrogen-bond acceptors (Lipinski definition) is 4. The number of carboxylic acid groups (broad SMARTS) is 1. The summed E-state index contributed by atoms with van der Waals surface area (Å²) in [7, 11) is 0. The van der Waals surface area contributed by atoms with Crippen LogP contribution >= 0.6 is 0 Å². The summed E-state index contributed by atoms with van der Waals surface area (Å²) in [5.74, 6) is -1.82. The Labute approximate surface area is 139 Å². The van der Waals surface area contributed by atoms with Crippen molar-refractivity contribution in [2.75, 3.05) is 11.9 Å². The zero-order chi connectivity index (χ0) is 17.5. The van der Waals surface area contributed by atoms with Crippen LogP contribution in [0.2, 0.25) is 0 Å². The number of carboxylic acids is 1. The number of aryl methyl sites for hydroxylation is 1. The average molecular weight is 324 g/mol. The molecule has 0 atom stereocenters. The van der Waals surface area contributed by atoms with Crippen molar-refractivity contribution in [3.63, 3.8) is 0 Å². The maximum absolute atomic E-state index is 12.3. The van der Waals surface area contributed by atoms with E-state index < -0.39 is 11.9 Å². The van der Waals surface area contributed by atoms with E-state index in [-0.39, 0.29) is 23.3 Å². The second-order valence-corrected chi connectivity index (χ2v) is 5.16. The van der Waals surface area contributed by atoms with E-state index in [1.54, 1.807) is 12.1 Å².